The number of aromatic nitrogens is 2. The zero-order valence-electron chi connectivity index (χ0n) is 7.97. The van der Waals surface area contributed by atoms with E-state index in [0.29, 0.717) is 10.9 Å². The van der Waals surface area contributed by atoms with Crippen molar-refractivity contribution < 1.29 is 0 Å². The van der Waals surface area contributed by atoms with Crippen LogP contribution in [0.2, 0.25) is 0 Å². The highest BCUT2D eigenvalue weighted by Gasteiger charge is 2.26. The van der Waals surface area contributed by atoms with Crippen LogP contribution in [0.1, 0.15) is 23.1 Å². The molecule has 2 nitrogen and oxygen atoms in total. The molecule has 0 N–H and O–H groups in total. The number of hydrogen-bond donors (Lipinski definition) is 0. The molecule has 84 valence electrons. The van der Waals surface area contributed by atoms with Crippen LogP contribution in [0.15, 0.2) is 11.2 Å². The average molecular weight is 350 g/mol. The third-order valence-corrected chi connectivity index (χ3v) is 3.20. The van der Waals surface area contributed by atoms with Crippen LogP contribution < -0.4 is 0 Å². The average Bonchev–Trinajstić information content (AvgIpc) is 2.15. The van der Waals surface area contributed by atoms with Crippen LogP contribution in [0.3, 0.4) is 0 Å². The molecular weight excluding hydrogens is 342 g/mol. The van der Waals surface area contributed by atoms with E-state index in [1.807, 2.05) is 13.2 Å². The molecule has 0 aromatic carbocycles. The third kappa shape index (κ3) is 3.93. The van der Waals surface area contributed by atoms with Crippen LogP contribution in [0.25, 0.3) is 0 Å². The summed E-state index contributed by atoms with van der Waals surface area (Å²) in [6, 6.07) is 1.69. The van der Waals surface area contributed by atoms with Crippen LogP contribution in [0.4, 0.5) is 0 Å². The molecule has 1 aromatic heterocycles. The van der Waals surface area contributed by atoms with Gasteiger partial charge in [0, 0.05) is 0 Å². The van der Waals surface area contributed by atoms with Crippen molar-refractivity contribution in [2.24, 2.45) is 0 Å². The molecule has 1 heterocycles. The molecule has 0 aliphatic carbocycles. The molecule has 0 saturated heterocycles. The van der Waals surface area contributed by atoms with E-state index in [2.05, 4.69) is 25.9 Å². The first-order chi connectivity index (χ1) is 6.84. The van der Waals surface area contributed by atoms with Crippen LogP contribution in [0.5, 0.6) is 0 Å². The van der Waals surface area contributed by atoms with Crippen LogP contribution in [-0.2, 0) is 3.79 Å². The van der Waals surface area contributed by atoms with E-state index in [-0.39, 0.29) is 4.83 Å². The van der Waals surface area contributed by atoms with Crippen LogP contribution >= 0.6 is 62.5 Å². The predicted octanol–water partition coefficient (Wildman–Crippen LogP) is 4.48. The summed E-state index contributed by atoms with van der Waals surface area (Å²) in [6.07, 6.45) is 1.88. The molecule has 0 saturated carbocycles. The summed E-state index contributed by atoms with van der Waals surface area (Å²) in [5.41, 5.74) is 1.20. The Balaban J connectivity index is 3.23. The van der Waals surface area contributed by atoms with E-state index in [9.17, 15) is 0 Å². The lowest BCUT2D eigenvalue weighted by Crippen LogP contribution is -2.08. The zero-order valence-corrected chi connectivity index (χ0v) is 12.6. The van der Waals surface area contributed by atoms with E-state index in [1.54, 1.807) is 6.07 Å². The summed E-state index contributed by atoms with van der Waals surface area (Å²) in [7, 11) is 0. The highest BCUT2D eigenvalue weighted by atomic mass is 79.9. The van der Waals surface area contributed by atoms with Gasteiger partial charge in [-0.05, 0) is 19.2 Å². The number of rotatable bonds is 2. The van der Waals surface area contributed by atoms with Gasteiger partial charge >= 0.3 is 0 Å². The van der Waals surface area contributed by atoms with Crippen molar-refractivity contribution in [2.75, 3.05) is 6.26 Å². The van der Waals surface area contributed by atoms with Gasteiger partial charge in [0.2, 0.25) is 3.79 Å². The van der Waals surface area contributed by atoms with Crippen molar-refractivity contribution in [3.05, 3.63) is 17.5 Å². The summed E-state index contributed by atoms with van der Waals surface area (Å²) in [6.45, 7) is 1.95. The zero-order chi connectivity index (χ0) is 11.6. The Morgan fingerprint density at radius 3 is 2.40 bits per heavy atom. The second-order valence-corrected chi connectivity index (χ2v) is 7.21. The van der Waals surface area contributed by atoms with Crippen LogP contribution in [0, 0.1) is 0 Å². The normalized spacial score (nSPS) is 14.0. The van der Waals surface area contributed by atoms with Gasteiger partial charge in [0.25, 0.3) is 0 Å². The summed E-state index contributed by atoms with van der Waals surface area (Å²) in [4.78, 5) is 8.53. The SMILES string of the molecule is CSc1nc(C(C)Br)cc(C(Cl)(Cl)Cl)n1. The number of hydrogen-bond acceptors (Lipinski definition) is 3. The number of nitrogens with zero attached hydrogens (tertiary/aromatic N) is 2. The highest BCUT2D eigenvalue weighted by molar-refractivity contribution is 9.09. The van der Waals surface area contributed by atoms with Crippen molar-refractivity contribution in [1.82, 2.24) is 9.97 Å². The van der Waals surface area contributed by atoms with Gasteiger partial charge in [-0.15, -0.1) is 0 Å². The second kappa shape index (κ2) is 5.41. The molecule has 1 rings (SSSR count). The topological polar surface area (TPSA) is 25.8 Å². The summed E-state index contributed by atoms with van der Waals surface area (Å²) >= 11 is 22.2. The Kier molecular flexibility index (Phi) is 4.99. The lowest BCUT2D eigenvalue weighted by atomic mass is 10.3. The Labute approximate surface area is 116 Å². The van der Waals surface area contributed by atoms with Gasteiger partial charge in [0.1, 0.15) is 0 Å². The van der Waals surface area contributed by atoms with Crippen molar-refractivity contribution in [1.29, 1.82) is 0 Å². The minimum atomic E-state index is -1.51. The quantitative estimate of drug-likeness (QED) is 0.447. The molecule has 0 spiro atoms. The van der Waals surface area contributed by atoms with Crippen molar-refractivity contribution in [3.8, 4) is 0 Å². The fraction of sp³-hybridized carbons (Fsp3) is 0.500. The minimum absolute atomic E-state index is 0.0949. The van der Waals surface area contributed by atoms with Crippen molar-refractivity contribution in [3.63, 3.8) is 0 Å². The second-order valence-electron chi connectivity index (χ2n) is 2.78. The Hall–Kier alpha value is 0.780. The number of alkyl halides is 4. The monoisotopic (exact) mass is 348 g/mol. The van der Waals surface area contributed by atoms with E-state index >= 15 is 0 Å². The van der Waals surface area contributed by atoms with Gasteiger partial charge in [-0.2, -0.15) is 0 Å². The Bertz CT molecular complexity index is 354. The molecule has 0 fully saturated rings. The Morgan fingerprint density at radius 2 is 2.00 bits per heavy atom. The molecule has 7 heteroatoms. The summed E-state index contributed by atoms with van der Waals surface area (Å²) in [5, 5.41) is 0.597. The fourth-order valence-electron chi connectivity index (χ4n) is 0.883. The molecule has 0 aliphatic heterocycles. The highest BCUT2D eigenvalue weighted by Crippen LogP contribution is 2.38. The number of halogens is 4. The van der Waals surface area contributed by atoms with Gasteiger partial charge in [-0.25, -0.2) is 9.97 Å². The van der Waals surface area contributed by atoms with Gasteiger partial charge in [-0.1, -0.05) is 62.5 Å². The van der Waals surface area contributed by atoms with E-state index in [1.165, 1.54) is 11.8 Å². The predicted molar refractivity (Wildman–Crippen MR) is 70.4 cm³/mol. The molecule has 0 amide bonds. The van der Waals surface area contributed by atoms with Gasteiger partial charge in [-0.3, -0.25) is 0 Å². The molecule has 1 aromatic rings. The van der Waals surface area contributed by atoms with Crippen molar-refractivity contribution in [2.45, 2.75) is 20.7 Å². The Morgan fingerprint density at radius 1 is 1.40 bits per heavy atom. The summed E-state index contributed by atoms with van der Waals surface area (Å²) in [5.74, 6) is 0. The lowest BCUT2D eigenvalue weighted by Gasteiger charge is -2.13. The molecule has 0 aliphatic rings. The molecule has 0 bridgehead atoms. The molecule has 15 heavy (non-hydrogen) atoms. The first kappa shape index (κ1) is 13.8. The maximum atomic E-state index is 5.78. The fourth-order valence-corrected chi connectivity index (χ4v) is 1.79. The van der Waals surface area contributed by atoms with Crippen molar-refractivity contribution >= 4 is 62.5 Å². The lowest BCUT2D eigenvalue weighted by molar-refractivity contribution is 0.846. The van der Waals surface area contributed by atoms with Gasteiger partial charge < -0.3 is 0 Å². The molecule has 1 unspecified atom stereocenters. The number of thioether (sulfide) groups is 1. The first-order valence-electron chi connectivity index (χ1n) is 3.99. The first-order valence-corrected chi connectivity index (χ1v) is 7.26. The van der Waals surface area contributed by atoms with Crippen LogP contribution in [-0.4, -0.2) is 16.2 Å². The molecule has 1 atom stereocenters. The van der Waals surface area contributed by atoms with Gasteiger partial charge in [0.15, 0.2) is 5.16 Å². The maximum Gasteiger partial charge on any atom is 0.232 e. The third-order valence-electron chi connectivity index (χ3n) is 1.61. The molecule has 0 radical (unpaired) electrons. The maximum absolute atomic E-state index is 5.78. The smallest absolute Gasteiger partial charge is 0.226 e. The van der Waals surface area contributed by atoms with E-state index in [0.717, 1.165) is 5.69 Å². The van der Waals surface area contributed by atoms with Gasteiger partial charge in [0.05, 0.1) is 16.2 Å². The largest absolute Gasteiger partial charge is 0.232 e. The van der Waals surface area contributed by atoms with E-state index < -0.39 is 3.79 Å². The summed E-state index contributed by atoms with van der Waals surface area (Å²) < 4.78 is -1.51. The molecular formula is C8H8BrCl3N2S. The minimum Gasteiger partial charge on any atom is -0.226 e. The van der Waals surface area contributed by atoms with E-state index in [4.69, 9.17) is 34.8 Å². The standard InChI is InChI=1S/C8H8BrCl3N2S/c1-4(9)5-3-6(8(10,11)12)14-7(13-5)15-2/h3-4H,1-2H3.